The van der Waals surface area contributed by atoms with E-state index in [-0.39, 0.29) is 16.9 Å². The number of nitro groups is 1. The molecule has 0 aliphatic rings. The van der Waals surface area contributed by atoms with Crippen LogP contribution in [0.4, 0.5) is 11.4 Å². The van der Waals surface area contributed by atoms with E-state index in [1.165, 1.54) is 36.4 Å². The molecular weight excluding hydrogens is 328 g/mol. The fourth-order valence-electron chi connectivity index (χ4n) is 2.05. The molecule has 0 radical (unpaired) electrons. The van der Waals surface area contributed by atoms with Crippen LogP contribution >= 0.6 is 0 Å². The summed E-state index contributed by atoms with van der Waals surface area (Å²) in [5.74, 6) is -1.44. The quantitative estimate of drug-likeness (QED) is 0.373. The zero-order valence-electron chi connectivity index (χ0n) is 13.2. The molecular formula is C17H14N2O6. The molecule has 0 aliphatic heterocycles. The van der Waals surface area contributed by atoms with Gasteiger partial charge in [-0.25, -0.2) is 4.79 Å². The Kier molecular flexibility index (Phi) is 5.57. The molecule has 1 amide bonds. The predicted molar refractivity (Wildman–Crippen MR) is 88.6 cm³/mol. The first-order valence-electron chi connectivity index (χ1n) is 7.18. The number of ether oxygens (including phenoxy) is 1. The van der Waals surface area contributed by atoms with Crippen molar-refractivity contribution in [1.82, 2.24) is 0 Å². The summed E-state index contributed by atoms with van der Waals surface area (Å²) in [5, 5.41) is 13.4. The molecule has 8 nitrogen and oxygen atoms in total. The van der Waals surface area contributed by atoms with Gasteiger partial charge < -0.3 is 10.1 Å². The number of aldehydes is 1. The van der Waals surface area contributed by atoms with Crippen LogP contribution in [0.2, 0.25) is 0 Å². The van der Waals surface area contributed by atoms with Gasteiger partial charge in [0, 0.05) is 11.6 Å². The van der Waals surface area contributed by atoms with Crippen LogP contribution in [-0.2, 0) is 9.53 Å². The first kappa shape index (κ1) is 17.8. The van der Waals surface area contributed by atoms with Crippen molar-refractivity contribution in [3.63, 3.8) is 0 Å². The van der Waals surface area contributed by atoms with Gasteiger partial charge in [0.15, 0.2) is 6.61 Å². The lowest BCUT2D eigenvalue weighted by Gasteiger charge is -2.09. The van der Waals surface area contributed by atoms with Crippen LogP contribution in [0.1, 0.15) is 26.3 Å². The zero-order chi connectivity index (χ0) is 18.4. The molecule has 2 aromatic carbocycles. The maximum absolute atomic E-state index is 11.9. The number of rotatable bonds is 6. The topological polar surface area (TPSA) is 116 Å². The van der Waals surface area contributed by atoms with Gasteiger partial charge in [-0.1, -0.05) is 24.3 Å². The minimum atomic E-state index is -0.744. The van der Waals surface area contributed by atoms with Crippen molar-refractivity contribution in [2.24, 2.45) is 0 Å². The molecule has 0 unspecified atom stereocenters. The average molecular weight is 342 g/mol. The van der Waals surface area contributed by atoms with E-state index in [1.807, 2.05) is 0 Å². The third-order valence-corrected chi connectivity index (χ3v) is 3.33. The van der Waals surface area contributed by atoms with E-state index in [1.54, 1.807) is 13.0 Å². The van der Waals surface area contributed by atoms with E-state index in [2.05, 4.69) is 5.32 Å². The highest BCUT2D eigenvalue weighted by Gasteiger charge is 2.18. The standard InChI is InChI=1S/C17H14N2O6/c1-11-3-2-4-14(19(23)24)16(11)18-15(21)10-25-17(22)13-7-5-12(9-20)6-8-13/h2-9H,10H2,1H3,(H,18,21). The molecule has 128 valence electrons. The van der Waals surface area contributed by atoms with E-state index in [0.29, 0.717) is 17.4 Å². The summed E-state index contributed by atoms with van der Waals surface area (Å²) in [7, 11) is 0. The molecule has 2 aromatic rings. The highest BCUT2D eigenvalue weighted by Crippen LogP contribution is 2.27. The number of hydrogen-bond acceptors (Lipinski definition) is 6. The van der Waals surface area contributed by atoms with Crippen molar-refractivity contribution in [1.29, 1.82) is 0 Å². The van der Waals surface area contributed by atoms with Crippen LogP contribution in [0.25, 0.3) is 0 Å². The Morgan fingerprint density at radius 3 is 2.48 bits per heavy atom. The highest BCUT2D eigenvalue weighted by molar-refractivity contribution is 5.97. The summed E-state index contributed by atoms with van der Waals surface area (Å²) in [6.45, 7) is 1.02. The first-order valence-corrected chi connectivity index (χ1v) is 7.18. The van der Waals surface area contributed by atoms with Gasteiger partial charge in [-0.15, -0.1) is 0 Å². The molecule has 8 heteroatoms. The summed E-state index contributed by atoms with van der Waals surface area (Å²) in [6.07, 6.45) is 0.637. The van der Waals surface area contributed by atoms with E-state index in [4.69, 9.17) is 4.74 Å². The van der Waals surface area contributed by atoms with E-state index in [9.17, 15) is 24.5 Å². The fraction of sp³-hybridized carbons (Fsp3) is 0.118. The van der Waals surface area contributed by atoms with Gasteiger partial charge in [0.25, 0.3) is 11.6 Å². The van der Waals surface area contributed by atoms with Crippen molar-refractivity contribution in [2.75, 3.05) is 11.9 Å². The van der Waals surface area contributed by atoms with Crippen molar-refractivity contribution in [2.45, 2.75) is 6.92 Å². The van der Waals surface area contributed by atoms with Crippen LogP contribution in [0, 0.1) is 17.0 Å². The van der Waals surface area contributed by atoms with Crippen molar-refractivity contribution < 1.29 is 24.0 Å². The lowest BCUT2D eigenvalue weighted by Crippen LogP contribution is -2.22. The SMILES string of the molecule is Cc1cccc([N+](=O)[O-])c1NC(=O)COC(=O)c1ccc(C=O)cc1. The van der Waals surface area contributed by atoms with Gasteiger partial charge in [0.05, 0.1) is 10.5 Å². The Balaban J connectivity index is 2.00. The maximum Gasteiger partial charge on any atom is 0.338 e. The Hall–Kier alpha value is -3.55. The lowest BCUT2D eigenvalue weighted by molar-refractivity contribution is -0.384. The van der Waals surface area contributed by atoms with Crippen LogP contribution in [0.5, 0.6) is 0 Å². The fourth-order valence-corrected chi connectivity index (χ4v) is 2.05. The Labute approximate surface area is 142 Å². The maximum atomic E-state index is 11.9. The number of nitrogens with zero attached hydrogens (tertiary/aromatic N) is 1. The summed E-state index contributed by atoms with van der Waals surface area (Å²) in [4.78, 5) is 44.7. The van der Waals surface area contributed by atoms with Gasteiger partial charge in [-0.05, 0) is 24.6 Å². The molecule has 1 N–H and O–H groups in total. The zero-order valence-corrected chi connectivity index (χ0v) is 13.2. The third kappa shape index (κ3) is 4.47. The number of carbonyl (C=O) groups excluding carboxylic acids is 3. The number of amides is 1. The van der Waals surface area contributed by atoms with Gasteiger partial charge in [-0.2, -0.15) is 0 Å². The molecule has 0 atom stereocenters. The third-order valence-electron chi connectivity index (χ3n) is 3.33. The van der Waals surface area contributed by atoms with Gasteiger partial charge in [0.1, 0.15) is 12.0 Å². The van der Waals surface area contributed by atoms with Crippen LogP contribution in [0.3, 0.4) is 0 Å². The number of aryl methyl sites for hydroxylation is 1. The number of para-hydroxylation sites is 1. The molecule has 25 heavy (non-hydrogen) atoms. The largest absolute Gasteiger partial charge is 0.452 e. The number of nitro benzene ring substituents is 1. The van der Waals surface area contributed by atoms with Crippen molar-refractivity contribution >= 4 is 29.5 Å². The second kappa shape index (κ2) is 7.82. The Bertz CT molecular complexity index is 830. The van der Waals surface area contributed by atoms with Crippen molar-refractivity contribution in [3.05, 3.63) is 69.3 Å². The molecule has 0 bridgehead atoms. The first-order chi connectivity index (χ1) is 11.9. The molecule has 0 saturated heterocycles. The number of esters is 1. The highest BCUT2D eigenvalue weighted by atomic mass is 16.6. The minimum Gasteiger partial charge on any atom is -0.452 e. The van der Waals surface area contributed by atoms with Crippen LogP contribution < -0.4 is 5.32 Å². The second-order valence-electron chi connectivity index (χ2n) is 5.09. The monoisotopic (exact) mass is 342 g/mol. The van der Waals surface area contributed by atoms with Gasteiger partial charge in [-0.3, -0.25) is 19.7 Å². The smallest absolute Gasteiger partial charge is 0.338 e. The molecule has 0 saturated carbocycles. The summed E-state index contributed by atoms with van der Waals surface area (Å²) >= 11 is 0. The number of nitrogens with one attached hydrogen (secondary N) is 1. The van der Waals surface area contributed by atoms with E-state index in [0.717, 1.165) is 0 Å². The molecule has 0 aliphatic carbocycles. The van der Waals surface area contributed by atoms with Gasteiger partial charge >= 0.3 is 5.97 Å². The number of hydrogen-bond donors (Lipinski definition) is 1. The van der Waals surface area contributed by atoms with Crippen molar-refractivity contribution in [3.8, 4) is 0 Å². The number of carbonyl (C=O) groups is 3. The molecule has 2 rings (SSSR count). The number of anilines is 1. The Morgan fingerprint density at radius 2 is 1.88 bits per heavy atom. The van der Waals surface area contributed by atoms with E-state index < -0.39 is 23.4 Å². The Morgan fingerprint density at radius 1 is 1.20 bits per heavy atom. The molecule has 0 fully saturated rings. The summed E-state index contributed by atoms with van der Waals surface area (Å²) in [5.41, 5.74) is 0.910. The predicted octanol–water partition coefficient (Wildman–Crippen LogP) is 2.51. The molecule has 0 aromatic heterocycles. The lowest BCUT2D eigenvalue weighted by atomic mass is 10.1. The summed E-state index contributed by atoms with van der Waals surface area (Å²) < 4.78 is 4.87. The minimum absolute atomic E-state index is 0.0592. The normalized spacial score (nSPS) is 9.96. The summed E-state index contributed by atoms with van der Waals surface area (Å²) in [6, 6.07) is 10.1. The van der Waals surface area contributed by atoms with Crippen LogP contribution in [-0.4, -0.2) is 29.7 Å². The number of benzene rings is 2. The van der Waals surface area contributed by atoms with E-state index >= 15 is 0 Å². The van der Waals surface area contributed by atoms with Gasteiger partial charge in [0.2, 0.25) is 0 Å². The second-order valence-corrected chi connectivity index (χ2v) is 5.09. The molecule has 0 spiro atoms. The average Bonchev–Trinajstić information content (AvgIpc) is 2.61. The molecule has 0 heterocycles. The van der Waals surface area contributed by atoms with Crippen LogP contribution in [0.15, 0.2) is 42.5 Å².